The van der Waals surface area contributed by atoms with E-state index < -0.39 is 6.10 Å². The Kier molecular flexibility index (Phi) is 52.8. The number of carbonyl (C=O) groups excluding carboxylic acids is 3. The van der Waals surface area contributed by atoms with Gasteiger partial charge in [0.1, 0.15) is 13.2 Å². The van der Waals surface area contributed by atoms with E-state index in [1.807, 2.05) is 0 Å². The number of carbonyl (C=O) groups is 3. The van der Waals surface area contributed by atoms with E-state index in [2.05, 4.69) is 93.7 Å². The molecular formula is C61H106O6. The molecule has 0 aliphatic heterocycles. The minimum absolute atomic E-state index is 0.0933. The van der Waals surface area contributed by atoms with Crippen LogP contribution in [-0.4, -0.2) is 37.2 Å². The van der Waals surface area contributed by atoms with Crippen LogP contribution in [0, 0.1) is 0 Å². The van der Waals surface area contributed by atoms with Gasteiger partial charge in [-0.1, -0.05) is 241 Å². The third-order valence-electron chi connectivity index (χ3n) is 12.3. The Labute approximate surface area is 414 Å². The van der Waals surface area contributed by atoms with E-state index in [0.717, 1.165) is 116 Å². The van der Waals surface area contributed by atoms with Crippen LogP contribution < -0.4 is 0 Å². The first-order chi connectivity index (χ1) is 33.0. The molecule has 0 amide bonds. The summed E-state index contributed by atoms with van der Waals surface area (Å²) in [5, 5.41) is 0. The van der Waals surface area contributed by atoms with Crippen molar-refractivity contribution in [3.63, 3.8) is 0 Å². The van der Waals surface area contributed by atoms with Gasteiger partial charge < -0.3 is 14.2 Å². The van der Waals surface area contributed by atoms with Crippen LogP contribution in [-0.2, 0) is 28.6 Å². The van der Waals surface area contributed by atoms with E-state index in [1.54, 1.807) is 0 Å². The highest BCUT2D eigenvalue weighted by Crippen LogP contribution is 2.15. The Balaban J connectivity index is 4.42. The van der Waals surface area contributed by atoms with Crippen LogP contribution in [0.25, 0.3) is 0 Å². The predicted molar refractivity (Wildman–Crippen MR) is 288 cm³/mol. The van der Waals surface area contributed by atoms with Gasteiger partial charge in [0.15, 0.2) is 6.10 Å². The lowest BCUT2D eigenvalue weighted by atomic mass is 10.1. The van der Waals surface area contributed by atoms with Crippen molar-refractivity contribution in [1.82, 2.24) is 0 Å². The highest BCUT2D eigenvalue weighted by atomic mass is 16.6. The molecule has 0 rings (SSSR count). The summed E-state index contributed by atoms with van der Waals surface area (Å²) in [6, 6.07) is 0. The van der Waals surface area contributed by atoms with Crippen molar-refractivity contribution >= 4 is 17.9 Å². The molecule has 0 radical (unpaired) electrons. The van der Waals surface area contributed by atoms with E-state index in [9.17, 15) is 14.4 Å². The van der Waals surface area contributed by atoms with E-state index in [1.165, 1.54) is 122 Å². The van der Waals surface area contributed by atoms with Gasteiger partial charge in [0.25, 0.3) is 0 Å². The number of esters is 3. The van der Waals surface area contributed by atoms with Crippen LogP contribution in [0.2, 0.25) is 0 Å². The summed E-state index contributed by atoms with van der Waals surface area (Å²) in [5.41, 5.74) is 0. The fourth-order valence-corrected chi connectivity index (χ4v) is 7.96. The Morgan fingerprint density at radius 1 is 0.313 bits per heavy atom. The van der Waals surface area contributed by atoms with Gasteiger partial charge in [0, 0.05) is 19.3 Å². The minimum Gasteiger partial charge on any atom is -0.462 e. The summed E-state index contributed by atoms with van der Waals surface area (Å²) < 4.78 is 16.8. The molecule has 0 aliphatic rings. The number of unbranched alkanes of at least 4 members (excludes halogenated alkanes) is 31. The summed E-state index contributed by atoms with van der Waals surface area (Å²) in [6.07, 6.45) is 70.3. The van der Waals surface area contributed by atoms with Crippen molar-refractivity contribution in [2.24, 2.45) is 0 Å². The first-order valence-corrected chi connectivity index (χ1v) is 28.5. The van der Waals surface area contributed by atoms with Gasteiger partial charge >= 0.3 is 17.9 Å². The predicted octanol–water partition coefficient (Wildman–Crippen LogP) is 19.0. The topological polar surface area (TPSA) is 78.9 Å². The number of ether oxygens (including phenoxy) is 3. The molecule has 6 heteroatoms. The first-order valence-electron chi connectivity index (χ1n) is 28.5. The Morgan fingerprint density at radius 2 is 0.597 bits per heavy atom. The van der Waals surface area contributed by atoms with Gasteiger partial charge in [0.05, 0.1) is 0 Å². The zero-order chi connectivity index (χ0) is 48.6. The van der Waals surface area contributed by atoms with Gasteiger partial charge in [0.2, 0.25) is 0 Å². The second kappa shape index (κ2) is 55.4. The second-order valence-electron chi connectivity index (χ2n) is 18.9. The third-order valence-corrected chi connectivity index (χ3v) is 12.3. The number of rotatable bonds is 51. The molecule has 0 saturated carbocycles. The minimum atomic E-state index is -0.795. The van der Waals surface area contributed by atoms with E-state index in [0.29, 0.717) is 19.3 Å². The van der Waals surface area contributed by atoms with Crippen LogP contribution in [0.5, 0.6) is 0 Å². The second-order valence-corrected chi connectivity index (χ2v) is 18.9. The lowest BCUT2D eigenvalue weighted by Gasteiger charge is -2.18. The Bertz CT molecular complexity index is 1260. The van der Waals surface area contributed by atoms with Gasteiger partial charge in [-0.2, -0.15) is 0 Å². The molecule has 0 N–H and O–H groups in total. The molecule has 386 valence electrons. The average Bonchev–Trinajstić information content (AvgIpc) is 3.33. The average molecular weight is 936 g/mol. The quantitative estimate of drug-likeness (QED) is 0.0199. The third kappa shape index (κ3) is 53.7. The highest BCUT2D eigenvalue weighted by molar-refractivity contribution is 5.71. The zero-order valence-electron chi connectivity index (χ0n) is 44.2. The maximum absolute atomic E-state index is 12.8. The molecule has 0 aromatic heterocycles. The SMILES string of the molecule is CC\C=C/C=C\C=C/CCCCCCCC(=O)OCC(COC(=O)CCCCCCC/C=C\C=C/CCCCCCCCC)OC(=O)CCCCCCC/C=C\CCCCCCCCCCC. The van der Waals surface area contributed by atoms with Gasteiger partial charge in [-0.05, 0) is 89.9 Å². The molecule has 0 heterocycles. The molecule has 0 aliphatic carbocycles. The molecule has 0 bridgehead atoms. The van der Waals surface area contributed by atoms with Gasteiger partial charge in [-0.15, -0.1) is 0 Å². The van der Waals surface area contributed by atoms with E-state index >= 15 is 0 Å². The van der Waals surface area contributed by atoms with E-state index in [-0.39, 0.29) is 31.1 Å². The van der Waals surface area contributed by atoms with Crippen LogP contribution >= 0.6 is 0 Å². The number of allylic oxidation sites excluding steroid dienone is 12. The fourth-order valence-electron chi connectivity index (χ4n) is 7.96. The van der Waals surface area contributed by atoms with Crippen molar-refractivity contribution < 1.29 is 28.6 Å². The summed E-state index contributed by atoms with van der Waals surface area (Å²) in [6.45, 7) is 6.48. The molecule has 1 atom stereocenters. The number of hydrogen-bond acceptors (Lipinski definition) is 6. The van der Waals surface area contributed by atoms with Crippen LogP contribution in [0.15, 0.2) is 72.9 Å². The zero-order valence-corrected chi connectivity index (χ0v) is 44.2. The Hall–Kier alpha value is -3.15. The molecule has 0 spiro atoms. The summed E-state index contributed by atoms with van der Waals surface area (Å²) >= 11 is 0. The number of hydrogen-bond donors (Lipinski definition) is 0. The lowest BCUT2D eigenvalue weighted by molar-refractivity contribution is -0.167. The van der Waals surface area contributed by atoms with Crippen molar-refractivity contribution in [3.8, 4) is 0 Å². The fraction of sp³-hybridized carbons (Fsp3) is 0.754. The molecule has 6 nitrogen and oxygen atoms in total. The molecule has 0 aromatic rings. The monoisotopic (exact) mass is 935 g/mol. The Morgan fingerprint density at radius 3 is 0.955 bits per heavy atom. The maximum Gasteiger partial charge on any atom is 0.306 e. The van der Waals surface area contributed by atoms with Crippen LogP contribution in [0.1, 0.15) is 278 Å². The molecular weight excluding hydrogens is 829 g/mol. The van der Waals surface area contributed by atoms with Crippen molar-refractivity contribution in [3.05, 3.63) is 72.9 Å². The van der Waals surface area contributed by atoms with Crippen LogP contribution in [0.3, 0.4) is 0 Å². The summed E-state index contributed by atoms with van der Waals surface area (Å²) in [4.78, 5) is 38.1. The summed E-state index contributed by atoms with van der Waals surface area (Å²) in [5.74, 6) is -0.929. The first kappa shape index (κ1) is 63.8. The van der Waals surface area contributed by atoms with Crippen molar-refractivity contribution in [2.45, 2.75) is 284 Å². The highest BCUT2D eigenvalue weighted by Gasteiger charge is 2.19. The lowest BCUT2D eigenvalue weighted by Crippen LogP contribution is -2.30. The molecule has 0 aromatic carbocycles. The molecule has 0 fully saturated rings. The molecule has 1 unspecified atom stereocenters. The van der Waals surface area contributed by atoms with Crippen molar-refractivity contribution in [1.29, 1.82) is 0 Å². The summed E-state index contributed by atoms with van der Waals surface area (Å²) in [7, 11) is 0. The standard InChI is InChI=1S/C61H106O6/c1-4-7-10-13-16-19-22-25-27-29-31-33-36-39-42-45-48-51-54-60(63)66-57-58(56-65-59(62)53-50-47-44-41-38-35-24-21-18-15-12-9-6-3)67-61(64)55-52-49-46-43-40-37-34-32-30-28-26-23-20-17-14-11-8-5-2/h9,12,15,18,21,24,27,29,31-34,58H,4-8,10-11,13-14,16-17,19-20,22-23,25-26,28,30,35-57H2,1-3H3/b12-9-,18-15-,24-21-,29-27-,33-31-,34-32-. The maximum atomic E-state index is 12.8. The van der Waals surface area contributed by atoms with E-state index in [4.69, 9.17) is 14.2 Å². The molecule has 67 heavy (non-hydrogen) atoms. The van der Waals surface area contributed by atoms with Gasteiger partial charge in [-0.25, -0.2) is 0 Å². The van der Waals surface area contributed by atoms with Gasteiger partial charge in [-0.3, -0.25) is 14.4 Å². The smallest absolute Gasteiger partial charge is 0.306 e. The molecule has 0 saturated heterocycles. The normalized spacial score (nSPS) is 12.6. The van der Waals surface area contributed by atoms with Crippen LogP contribution in [0.4, 0.5) is 0 Å². The van der Waals surface area contributed by atoms with Crippen molar-refractivity contribution in [2.75, 3.05) is 13.2 Å². The largest absolute Gasteiger partial charge is 0.462 e.